The molecule has 0 saturated heterocycles. The van der Waals surface area contributed by atoms with Crippen LogP contribution in [0, 0.1) is 0 Å². The third kappa shape index (κ3) is 1.91. The summed E-state index contributed by atoms with van der Waals surface area (Å²) in [5, 5.41) is 2.54. The molecule has 0 spiro atoms. The molecule has 0 unspecified atom stereocenters. The first-order valence-corrected chi connectivity index (χ1v) is 6.40. The lowest BCUT2D eigenvalue weighted by atomic mass is 9.93. The van der Waals surface area contributed by atoms with Gasteiger partial charge in [-0.05, 0) is 42.2 Å². The summed E-state index contributed by atoms with van der Waals surface area (Å²) in [6, 6.07) is 14.9. The van der Waals surface area contributed by atoms with Crippen LogP contribution in [0.25, 0.3) is 27.9 Å². The van der Waals surface area contributed by atoms with Gasteiger partial charge in [0.15, 0.2) is 0 Å². The maximum Gasteiger partial charge on any atom is 0.0712 e. The first-order valence-electron chi connectivity index (χ1n) is 6.40. The summed E-state index contributed by atoms with van der Waals surface area (Å²) in [7, 11) is 0. The first kappa shape index (κ1) is 12.2. The summed E-state index contributed by atoms with van der Waals surface area (Å²) in [6.45, 7) is 0. The van der Waals surface area contributed by atoms with Gasteiger partial charge in [0.2, 0.25) is 0 Å². The summed E-state index contributed by atoms with van der Waals surface area (Å²) < 4.78 is 0. The number of aryl methyl sites for hydroxylation is 1. The van der Waals surface area contributed by atoms with Crippen LogP contribution >= 0.6 is 12.4 Å². The van der Waals surface area contributed by atoms with Crippen molar-refractivity contribution in [1.29, 1.82) is 0 Å². The van der Waals surface area contributed by atoms with Crippen LogP contribution in [0.4, 0.5) is 0 Å². The fourth-order valence-electron chi connectivity index (χ4n) is 2.80. The lowest BCUT2D eigenvalue weighted by Gasteiger charge is -2.13. The highest BCUT2D eigenvalue weighted by atomic mass is 35.5. The van der Waals surface area contributed by atoms with E-state index in [2.05, 4.69) is 48.6 Å². The second-order valence-corrected chi connectivity index (χ2v) is 4.82. The zero-order valence-corrected chi connectivity index (χ0v) is 11.3. The fraction of sp³-hybridized carbons (Fsp3) is 0.118. The Balaban J connectivity index is 0.00000110. The minimum Gasteiger partial charge on any atom is -0.248 e. The molecule has 1 aliphatic carbocycles. The second-order valence-electron chi connectivity index (χ2n) is 4.82. The molecular weight excluding hydrogens is 254 g/mol. The van der Waals surface area contributed by atoms with Gasteiger partial charge >= 0.3 is 0 Å². The van der Waals surface area contributed by atoms with Crippen molar-refractivity contribution in [1.82, 2.24) is 4.98 Å². The van der Waals surface area contributed by atoms with Crippen molar-refractivity contribution in [2.75, 3.05) is 0 Å². The van der Waals surface area contributed by atoms with Crippen LogP contribution in [-0.2, 0) is 6.42 Å². The molecular formula is C17H14ClN. The predicted octanol–water partition coefficient (Wildman–Crippen LogP) is 4.77. The molecule has 1 heterocycles. The SMILES string of the molecule is C1=Cc2ccc3nc4ccccc4cc3c2CC1.Cl. The summed E-state index contributed by atoms with van der Waals surface area (Å²) in [4.78, 5) is 4.76. The number of hydrogen-bond acceptors (Lipinski definition) is 1. The van der Waals surface area contributed by atoms with E-state index < -0.39 is 0 Å². The number of allylic oxidation sites excluding steroid dienone is 1. The molecule has 0 aliphatic heterocycles. The standard InChI is InChI=1S/C17H13N.ClH/c1-3-7-14-12(5-1)9-10-17-15(14)11-13-6-2-4-8-16(13)18-17;/h1-2,4-6,8-11H,3,7H2;1H. The molecule has 0 fully saturated rings. The molecule has 1 aromatic heterocycles. The van der Waals surface area contributed by atoms with Gasteiger partial charge in [-0.15, -0.1) is 12.4 Å². The van der Waals surface area contributed by atoms with Gasteiger partial charge in [-0.2, -0.15) is 0 Å². The number of rotatable bonds is 0. The second kappa shape index (κ2) is 4.67. The van der Waals surface area contributed by atoms with Crippen molar-refractivity contribution in [3.63, 3.8) is 0 Å². The first-order chi connectivity index (χ1) is 8.92. The van der Waals surface area contributed by atoms with Gasteiger partial charge in [0.1, 0.15) is 0 Å². The van der Waals surface area contributed by atoms with Crippen molar-refractivity contribution in [2.24, 2.45) is 0 Å². The lowest BCUT2D eigenvalue weighted by molar-refractivity contribution is 0.997. The van der Waals surface area contributed by atoms with E-state index >= 15 is 0 Å². The smallest absolute Gasteiger partial charge is 0.0712 e. The van der Waals surface area contributed by atoms with Gasteiger partial charge in [-0.3, -0.25) is 0 Å². The number of para-hydroxylation sites is 1. The fourth-order valence-corrected chi connectivity index (χ4v) is 2.80. The summed E-state index contributed by atoms with van der Waals surface area (Å²) in [6.07, 6.45) is 6.75. The van der Waals surface area contributed by atoms with Crippen molar-refractivity contribution in [3.05, 3.63) is 59.7 Å². The minimum atomic E-state index is 0. The number of halogens is 1. The number of fused-ring (bicyclic) bond motifs is 4. The largest absolute Gasteiger partial charge is 0.248 e. The molecule has 1 aliphatic rings. The molecule has 0 radical (unpaired) electrons. The van der Waals surface area contributed by atoms with E-state index in [1.54, 1.807) is 0 Å². The Bertz CT molecular complexity index is 790. The zero-order valence-electron chi connectivity index (χ0n) is 10.5. The Morgan fingerprint density at radius 2 is 1.84 bits per heavy atom. The molecule has 2 heteroatoms. The quantitative estimate of drug-likeness (QED) is 0.535. The highest BCUT2D eigenvalue weighted by molar-refractivity contribution is 5.96. The molecule has 94 valence electrons. The van der Waals surface area contributed by atoms with Crippen LogP contribution in [0.15, 0.2) is 48.5 Å². The predicted molar refractivity (Wildman–Crippen MR) is 83.9 cm³/mol. The van der Waals surface area contributed by atoms with E-state index in [0.29, 0.717) is 0 Å². The van der Waals surface area contributed by atoms with Gasteiger partial charge < -0.3 is 0 Å². The van der Waals surface area contributed by atoms with E-state index in [0.717, 1.165) is 23.9 Å². The van der Waals surface area contributed by atoms with Gasteiger partial charge in [0, 0.05) is 10.8 Å². The topological polar surface area (TPSA) is 12.9 Å². The van der Waals surface area contributed by atoms with E-state index in [1.807, 2.05) is 6.07 Å². The minimum absolute atomic E-state index is 0. The van der Waals surface area contributed by atoms with Crippen molar-refractivity contribution < 1.29 is 0 Å². The Morgan fingerprint density at radius 3 is 2.79 bits per heavy atom. The number of nitrogens with zero attached hydrogens (tertiary/aromatic N) is 1. The highest BCUT2D eigenvalue weighted by Gasteiger charge is 2.10. The normalized spacial score (nSPS) is 13.3. The van der Waals surface area contributed by atoms with Gasteiger partial charge in [0.05, 0.1) is 11.0 Å². The van der Waals surface area contributed by atoms with Crippen molar-refractivity contribution >= 4 is 40.3 Å². The maximum atomic E-state index is 4.76. The van der Waals surface area contributed by atoms with Crippen LogP contribution < -0.4 is 0 Å². The van der Waals surface area contributed by atoms with E-state index in [1.165, 1.54) is 21.9 Å². The van der Waals surface area contributed by atoms with E-state index in [4.69, 9.17) is 4.98 Å². The van der Waals surface area contributed by atoms with Crippen LogP contribution in [0.1, 0.15) is 17.5 Å². The van der Waals surface area contributed by atoms with E-state index in [-0.39, 0.29) is 12.4 Å². The van der Waals surface area contributed by atoms with Crippen LogP contribution in [-0.4, -0.2) is 4.98 Å². The zero-order chi connectivity index (χ0) is 11.9. The summed E-state index contributed by atoms with van der Waals surface area (Å²) in [5.41, 5.74) is 5.00. The van der Waals surface area contributed by atoms with Gasteiger partial charge in [-0.25, -0.2) is 4.98 Å². The molecule has 4 rings (SSSR count). The Labute approximate surface area is 118 Å². The van der Waals surface area contributed by atoms with Crippen LogP contribution in [0.5, 0.6) is 0 Å². The molecule has 0 amide bonds. The molecule has 2 aromatic carbocycles. The van der Waals surface area contributed by atoms with Crippen molar-refractivity contribution in [2.45, 2.75) is 12.8 Å². The van der Waals surface area contributed by atoms with Gasteiger partial charge in [0.25, 0.3) is 0 Å². The third-order valence-electron chi connectivity index (χ3n) is 3.71. The maximum absolute atomic E-state index is 4.76. The Morgan fingerprint density at radius 1 is 0.947 bits per heavy atom. The molecule has 0 N–H and O–H groups in total. The molecule has 0 bridgehead atoms. The molecule has 1 nitrogen and oxygen atoms in total. The average Bonchev–Trinajstić information content (AvgIpc) is 2.45. The number of hydrogen-bond donors (Lipinski definition) is 0. The number of benzene rings is 2. The highest BCUT2D eigenvalue weighted by Crippen LogP contribution is 2.29. The van der Waals surface area contributed by atoms with Crippen molar-refractivity contribution in [3.8, 4) is 0 Å². The average molecular weight is 268 g/mol. The molecule has 3 aromatic rings. The van der Waals surface area contributed by atoms with Crippen LogP contribution in [0.2, 0.25) is 0 Å². The lowest BCUT2D eigenvalue weighted by Crippen LogP contribution is -1.96. The number of pyridine rings is 1. The summed E-state index contributed by atoms with van der Waals surface area (Å²) >= 11 is 0. The third-order valence-corrected chi connectivity index (χ3v) is 3.71. The monoisotopic (exact) mass is 267 g/mol. The molecule has 0 atom stereocenters. The summed E-state index contributed by atoms with van der Waals surface area (Å²) in [5.74, 6) is 0. The van der Waals surface area contributed by atoms with Crippen LogP contribution in [0.3, 0.4) is 0 Å². The van der Waals surface area contributed by atoms with E-state index in [9.17, 15) is 0 Å². The molecule has 0 saturated carbocycles. The Hall–Kier alpha value is -1.86. The Kier molecular flexibility index (Phi) is 3.00. The molecule has 19 heavy (non-hydrogen) atoms. The number of aromatic nitrogens is 1. The van der Waals surface area contributed by atoms with Gasteiger partial charge in [-0.1, -0.05) is 36.4 Å².